The van der Waals surface area contributed by atoms with Gasteiger partial charge in [0.1, 0.15) is 6.04 Å². The van der Waals surface area contributed by atoms with Crippen LogP contribution < -0.4 is 10.2 Å². The van der Waals surface area contributed by atoms with E-state index in [-0.39, 0.29) is 11.9 Å². The summed E-state index contributed by atoms with van der Waals surface area (Å²) >= 11 is 0. The number of nitrogens with one attached hydrogen (secondary N) is 1. The molecular formula is C34H37N3O3. The molecule has 1 N–H and O–H groups in total. The molecule has 6 nitrogen and oxygen atoms in total. The molecule has 0 aromatic heterocycles. The molecule has 0 radical (unpaired) electrons. The standard InChI is InChI=1S/C34H37N3O3/c1-4-25-40-34(39)32(27-15-9-6-10-16-27)37(3)24-23-36(2)29-21-19-28(20-22-29)35-33(38)31-18-12-11-17-30(31)26-13-7-5-8-14-26/h5-22,32H,4,23-25H2,1-3H3,(H,35,38). The highest BCUT2D eigenvalue weighted by molar-refractivity contribution is 6.08. The second-order valence-electron chi connectivity index (χ2n) is 9.80. The summed E-state index contributed by atoms with van der Waals surface area (Å²) < 4.78 is 5.50. The fourth-order valence-electron chi connectivity index (χ4n) is 4.60. The Bertz CT molecular complexity index is 1370. The number of hydrogen-bond acceptors (Lipinski definition) is 5. The molecule has 0 saturated heterocycles. The fourth-order valence-corrected chi connectivity index (χ4v) is 4.60. The van der Waals surface area contributed by atoms with E-state index in [4.69, 9.17) is 4.74 Å². The van der Waals surface area contributed by atoms with E-state index in [0.29, 0.717) is 25.3 Å². The third kappa shape index (κ3) is 7.36. The average molecular weight is 536 g/mol. The largest absolute Gasteiger partial charge is 0.464 e. The van der Waals surface area contributed by atoms with Gasteiger partial charge in [0, 0.05) is 37.1 Å². The summed E-state index contributed by atoms with van der Waals surface area (Å²) in [5.41, 5.74) is 5.19. The van der Waals surface area contributed by atoms with Crippen molar-refractivity contribution in [1.29, 1.82) is 0 Å². The van der Waals surface area contributed by atoms with Crippen LogP contribution in [0.2, 0.25) is 0 Å². The molecule has 1 atom stereocenters. The highest BCUT2D eigenvalue weighted by Crippen LogP contribution is 2.25. The summed E-state index contributed by atoms with van der Waals surface area (Å²) in [6, 6.07) is 34.6. The molecule has 0 spiro atoms. The molecule has 0 aliphatic heterocycles. The number of carbonyl (C=O) groups excluding carboxylic acids is 2. The molecule has 4 aromatic rings. The Balaban J connectivity index is 1.38. The normalized spacial score (nSPS) is 11.6. The van der Waals surface area contributed by atoms with Gasteiger partial charge in [0.15, 0.2) is 0 Å². The first-order valence-electron chi connectivity index (χ1n) is 13.7. The van der Waals surface area contributed by atoms with Crippen LogP contribution in [0.25, 0.3) is 11.1 Å². The monoisotopic (exact) mass is 535 g/mol. The zero-order valence-electron chi connectivity index (χ0n) is 23.4. The van der Waals surface area contributed by atoms with Gasteiger partial charge in [0.2, 0.25) is 0 Å². The summed E-state index contributed by atoms with van der Waals surface area (Å²) in [4.78, 5) is 30.2. The SMILES string of the molecule is CCCOC(=O)C(c1ccccc1)N(C)CCN(C)c1ccc(NC(=O)c2ccccc2-c2ccccc2)cc1. The van der Waals surface area contributed by atoms with Gasteiger partial charge in [0.05, 0.1) is 6.61 Å². The number of ether oxygens (including phenoxy) is 1. The number of nitrogens with zero attached hydrogens (tertiary/aromatic N) is 2. The second kappa shape index (κ2) is 14.1. The first kappa shape index (κ1) is 28.6. The van der Waals surface area contributed by atoms with Gasteiger partial charge in [-0.1, -0.05) is 85.8 Å². The van der Waals surface area contributed by atoms with Gasteiger partial charge in [-0.15, -0.1) is 0 Å². The lowest BCUT2D eigenvalue weighted by Gasteiger charge is -2.29. The molecule has 206 valence electrons. The maximum Gasteiger partial charge on any atom is 0.327 e. The number of amides is 1. The van der Waals surface area contributed by atoms with E-state index in [1.54, 1.807) is 0 Å². The Hall–Kier alpha value is -4.42. The summed E-state index contributed by atoms with van der Waals surface area (Å²) in [7, 11) is 3.97. The van der Waals surface area contributed by atoms with Crippen molar-refractivity contribution >= 4 is 23.3 Å². The molecule has 1 unspecified atom stereocenters. The van der Waals surface area contributed by atoms with Crippen molar-refractivity contribution in [2.24, 2.45) is 0 Å². The van der Waals surface area contributed by atoms with Gasteiger partial charge in [0.25, 0.3) is 5.91 Å². The first-order valence-corrected chi connectivity index (χ1v) is 13.7. The molecule has 1 amide bonds. The first-order chi connectivity index (χ1) is 19.5. The number of esters is 1. The lowest BCUT2D eigenvalue weighted by atomic mass is 9.99. The van der Waals surface area contributed by atoms with Crippen LogP contribution in [0.3, 0.4) is 0 Å². The smallest absolute Gasteiger partial charge is 0.327 e. The van der Waals surface area contributed by atoms with Crippen LogP contribution in [-0.4, -0.2) is 50.6 Å². The third-order valence-corrected chi connectivity index (χ3v) is 6.84. The van der Waals surface area contributed by atoms with Crippen molar-refractivity contribution in [3.05, 3.63) is 120 Å². The summed E-state index contributed by atoms with van der Waals surface area (Å²) in [5.74, 6) is -0.378. The van der Waals surface area contributed by atoms with Gasteiger partial charge in [-0.3, -0.25) is 9.69 Å². The quantitative estimate of drug-likeness (QED) is 0.205. The number of likely N-dealkylation sites (N-methyl/N-ethyl adjacent to an activating group) is 2. The molecule has 40 heavy (non-hydrogen) atoms. The predicted octanol–water partition coefficient (Wildman–Crippen LogP) is 6.67. The molecule has 0 saturated carbocycles. The van der Waals surface area contributed by atoms with Crippen molar-refractivity contribution in [2.45, 2.75) is 19.4 Å². The Labute approximate surface area is 237 Å². The Morgan fingerprint density at radius 1 is 0.775 bits per heavy atom. The van der Waals surface area contributed by atoms with Gasteiger partial charge < -0.3 is 15.0 Å². The van der Waals surface area contributed by atoms with Crippen molar-refractivity contribution in [2.75, 3.05) is 44.0 Å². The number of benzene rings is 4. The summed E-state index contributed by atoms with van der Waals surface area (Å²) in [6.45, 7) is 3.77. The van der Waals surface area contributed by atoms with Crippen LogP contribution >= 0.6 is 0 Å². The molecule has 0 bridgehead atoms. The minimum Gasteiger partial charge on any atom is -0.464 e. The Morgan fingerprint density at radius 3 is 2.08 bits per heavy atom. The van der Waals surface area contributed by atoms with Crippen molar-refractivity contribution in [3.8, 4) is 11.1 Å². The van der Waals surface area contributed by atoms with Gasteiger partial charge in [-0.25, -0.2) is 4.79 Å². The van der Waals surface area contributed by atoms with E-state index in [2.05, 4.69) is 10.2 Å². The van der Waals surface area contributed by atoms with Gasteiger partial charge in [-0.2, -0.15) is 0 Å². The Morgan fingerprint density at radius 2 is 1.40 bits per heavy atom. The topological polar surface area (TPSA) is 61.9 Å². The van der Waals surface area contributed by atoms with E-state index in [0.717, 1.165) is 34.5 Å². The average Bonchev–Trinajstić information content (AvgIpc) is 3.00. The van der Waals surface area contributed by atoms with Crippen LogP contribution in [0, 0.1) is 0 Å². The number of carbonyl (C=O) groups is 2. The molecular weight excluding hydrogens is 498 g/mol. The molecule has 0 aliphatic carbocycles. The molecule has 0 fully saturated rings. The van der Waals surface area contributed by atoms with E-state index in [1.807, 2.05) is 135 Å². The third-order valence-electron chi connectivity index (χ3n) is 6.84. The number of rotatable bonds is 12. The molecule has 0 aliphatic rings. The van der Waals surface area contributed by atoms with Crippen LogP contribution in [0.1, 0.15) is 35.3 Å². The zero-order valence-corrected chi connectivity index (χ0v) is 23.4. The van der Waals surface area contributed by atoms with Gasteiger partial charge >= 0.3 is 5.97 Å². The zero-order chi connectivity index (χ0) is 28.3. The highest BCUT2D eigenvalue weighted by Gasteiger charge is 2.26. The predicted molar refractivity (Wildman–Crippen MR) is 163 cm³/mol. The van der Waals surface area contributed by atoms with Crippen molar-refractivity contribution in [3.63, 3.8) is 0 Å². The summed E-state index contributed by atoms with van der Waals surface area (Å²) in [5, 5.41) is 3.03. The van der Waals surface area contributed by atoms with Crippen LogP contribution in [0.15, 0.2) is 109 Å². The van der Waals surface area contributed by atoms with E-state index >= 15 is 0 Å². The highest BCUT2D eigenvalue weighted by atomic mass is 16.5. The maximum absolute atomic E-state index is 13.1. The van der Waals surface area contributed by atoms with Crippen LogP contribution in [0.4, 0.5) is 11.4 Å². The van der Waals surface area contributed by atoms with Crippen molar-refractivity contribution in [1.82, 2.24) is 4.90 Å². The van der Waals surface area contributed by atoms with Crippen LogP contribution in [-0.2, 0) is 9.53 Å². The maximum atomic E-state index is 13.1. The molecule has 6 heteroatoms. The van der Waals surface area contributed by atoms with Crippen molar-refractivity contribution < 1.29 is 14.3 Å². The van der Waals surface area contributed by atoms with E-state index in [9.17, 15) is 9.59 Å². The minimum atomic E-state index is -0.461. The number of hydrogen-bond donors (Lipinski definition) is 1. The fraction of sp³-hybridized carbons (Fsp3) is 0.235. The second-order valence-corrected chi connectivity index (χ2v) is 9.80. The molecule has 4 aromatic carbocycles. The number of anilines is 2. The lowest BCUT2D eigenvalue weighted by molar-refractivity contribution is -0.149. The van der Waals surface area contributed by atoms with E-state index < -0.39 is 6.04 Å². The van der Waals surface area contributed by atoms with Crippen LogP contribution in [0.5, 0.6) is 0 Å². The molecule has 4 rings (SSSR count). The lowest BCUT2D eigenvalue weighted by Crippen LogP contribution is -2.37. The molecule has 0 heterocycles. The van der Waals surface area contributed by atoms with E-state index in [1.165, 1.54) is 0 Å². The van der Waals surface area contributed by atoms with Gasteiger partial charge in [-0.05, 0) is 60.5 Å². The minimum absolute atomic E-state index is 0.149. The summed E-state index contributed by atoms with van der Waals surface area (Å²) in [6.07, 6.45) is 0.787. The Kier molecular flexibility index (Phi) is 10.1.